The van der Waals surface area contributed by atoms with Crippen LogP contribution in [0.4, 0.5) is 13.2 Å². The lowest BCUT2D eigenvalue weighted by atomic mass is 9.97. The number of pyridine rings is 1. The minimum atomic E-state index is -3.26. The van der Waals surface area contributed by atoms with Crippen LogP contribution in [0.15, 0.2) is 47.4 Å². The standard InChI is InChI=1S/C22H20F3N3O2/c1-13-17(22(3,24)25)26-18-16(5-4-10-28(18)19(13)29)14-6-8-15(9-7-14)20(30)27-11-21(2,23)12-27/h4-10H,11-12H2,1-3H3. The molecule has 3 heterocycles. The maximum Gasteiger partial charge on any atom is 0.287 e. The zero-order valence-corrected chi connectivity index (χ0v) is 16.7. The number of hydrogen-bond donors (Lipinski definition) is 0. The second kappa shape index (κ2) is 6.68. The maximum absolute atomic E-state index is 14.0. The van der Waals surface area contributed by atoms with E-state index in [0.29, 0.717) is 23.6 Å². The number of rotatable bonds is 3. The van der Waals surface area contributed by atoms with Gasteiger partial charge in [0.2, 0.25) is 0 Å². The van der Waals surface area contributed by atoms with E-state index in [-0.39, 0.29) is 30.2 Å². The third kappa shape index (κ3) is 3.36. The van der Waals surface area contributed by atoms with E-state index in [2.05, 4.69) is 4.98 Å². The number of alkyl halides is 3. The number of aromatic nitrogens is 2. The normalized spacial score (nSPS) is 15.9. The molecular formula is C22H20F3N3O2. The summed E-state index contributed by atoms with van der Waals surface area (Å²) in [4.78, 5) is 30.6. The van der Waals surface area contributed by atoms with Crippen LogP contribution >= 0.6 is 0 Å². The zero-order valence-electron chi connectivity index (χ0n) is 16.7. The summed E-state index contributed by atoms with van der Waals surface area (Å²) in [6.07, 6.45) is 1.48. The van der Waals surface area contributed by atoms with Crippen LogP contribution in [0.2, 0.25) is 0 Å². The molecule has 0 bridgehead atoms. The molecule has 0 spiro atoms. The van der Waals surface area contributed by atoms with E-state index in [1.54, 1.807) is 36.4 Å². The second-order valence-electron chi connectivity index (χ2n) is 8.05. The van der Waals surface area contributed by atoms with E-state index >= 15 is 0 Å². The van der Waals surface area contributed by atoms with Crippen molar-refractivity contribution in [1.82, 2.24) is 14.3 Å². The largest absolute Gasteiger partial charge is 0.332 e. The number of nitrogens with zero attached hydrogens (tertiary/aromatic N) is 3. The van der Waals surface area contributed by atoms with E-state index < -0.39 is 22.8 Å². The van der Waals surface area contributed by atoms with Crippen LogP contribution in [0, 0.1) is 6.92 Å². The fourth-order valence-corrected chi connectivity index (χ4v) is 3.77. The number of hydrogen-bond acceptors (Lipinski definition) is 3. The number of likely N-dealkylation sites (tertiary alicyclic amines) is 1. The third-order valence-electron chi connectivity index (χ3n) is 5.27. The van der Waals surface area contributed by atoms with Gasteiger partial charge in [0.15, 0.2) is 0 Å². The number of amides is 1. The van der Waals surface area contributed by atoms with Crippen LogP contribution in [0.25, 0.3) is 16.8 Å². The Balaban J connectivity index is 1.76. The van der Waals surface area contributed by atoms with Crippen LogP contribution in [0.5, 0.6) is 0 Å². The molecular weight excluding hydrogens is 395 g/mol. The molecule has 5 nitrogen and oxygen atoms in total. The lowest BCUT2D eigenvalue weighted by molar-refractivity contribution is -0.00785. The van der Waals surface area contributed by atoms with Gasteiger partial charge in [0.05, 0.1) is 13.1 Å². The van der Waals surface area contributed by atoms with E-state index in [1.165, 1.54) is 29.3 Å². The van der Waals surface area contributed by atoms with E-state index in [0.717, 1.165) is 0 Å². The van der Waals surface area contributed by atoms with Gasteiger partial charge in [-0.1, -0.05) is 12.1 Å². The van der Waals surface area contributed by atoms with Crippen molar-refractivity contribution in [1.29, 1.82) is 0 Å². The molecule has 1 aromatic carbocycles. The molecule has 8 heteroatoms. The molecule has 1 fully saturated rings. The molecule has 1 aliphatic rings. The molecule has 0 unspecified atom stereocenters. The maximum atomic E-state index is 14.0. The topological polar surface area (TPSA) is 54.7 Å². The van der Waals surface area contributed by atoms with Crippen LogP contribution in [-0.4, -0.2) is 39.0 Å². The van der Waals surface area contributed by atoms with Gasteiger partial charge in [-0.2, -0.15) is 8.78 Å². The van der Waals surface area contributed by atoms with Crippen molar-refractivity contribution in [3.63, 3.8) is 0 Å². The lowest BCUT2D eigenvalue weighted by Crippen LogP contribution is -2.59. The highest BCUT2D eigenvalue weighted by atomic mass is 19.3. The number of carbonyl (C=O) groups excluding carboxylic acids is 1. The van der Waals surface area contributed by atoms with Gasteiger partial charge in [-0.15, -0.1) is 0 Å². The molecule has 0 aliphatic carbocycles. The lowest BCUT2D eigenvalue weighted by Gasteiger charge is -2.42. The van der Waals surface area contributed by atoms with E-state index in [9.17, 15) is 22.8 Å². The van der Waals surface area contributed by atoms with Gasteiger partial charge in [-0.3, -0.25) is 14.0 Å². The van der Waals surface area contributed by atoms with Crippen LogP contribution in [0.1, 0.15) is 35.5 Å². The summed E-state index contributed by atoms with van der Waals surface area (Å²) in [5.74, 6) is -3.53. The SMILES string of the molecule is Cc1c(C(C)(F)F)nc2c(-c3ccc(C(=O)N4CC(C)(F)C4)cc3)cccn2c1=O. The van der Waals surface area contributed by atoms with Crippen molar-refractivity contribution in [3.8, 4) is 11.1 Å². The number of benzene rings is 1. The summed E-state index contributed by atoms with van der Waals surface area (Å²) in [6, 6.07) is 9.82. The third-order valence-corrected chi connectivity index (χ3v) is 5.27. The average Bonchev–Trinajstić information content (AvgIpc) is 2.67. The molecule has 1 saturated heterocycles. The molecule has 30 heavy (non-hydrogen) atoms. The first-order valence-corrected chi connectivity index (χ1v) is 9.47. The van der Waals surface area contributed by atoms with Gasteiger partial charge in [-0.05, 0) is 43.7 Å². The first-order chi connectivity index (χ1) is 14.0. The highest BCUT2D eigenvalue weighted by molar-refractivity contribution is 5.95. The fraction of sp³-hybridized carbons (Fsp3) is 0.318. The van der Waals surface area contributed by atoms with Gasteiger partial charge in [0.25, 0.3) is 17.4 Å². The summed E-state index contributed by atoms with van der Waals surface area (Å²) in [5, 5.41) is 0. The van der Waals surface area contributed by atoms with E-state index in [1.807, 2.05) is 0 Å². The Morgan fingerprint density at radius 3 is 2.37 bits per heavy atom. The highest BCUT2D eigenvalue weighted by Gasteiger charge is 2.41. The number of fused-ring (bicyclic) bond motifs is 1. The van der Waals surface area contributed by atoms with Gasteiger partial charge in [0.1, 0.15) is 17.0 Å². The summed E-state index contributed by atoms with van der Waals surface area (Å²) >= 11 is 0. The van der Waals surface area contributed by atoms with Crippen molar-refractivity contribution >= 4 is 11.6 Å². The minimum Gasteiger partial charge on any atom is -0.332 e. The van der Waals surface area contributed by atoms with Crippen LogP contribution in [-0.2, 0) is 5.92 Å². The zero-order chi connectivity index (χ0) is 21.8. The van der Waals surface area contributed by atoms with Gasteiger partial charge in [0, 0.05) is 29.8 Å². The molecule has 0 atom stereocenters. The molecule has 4 rings (SSSR count). The Kier molecular flexibility index (Phi) is 4.48. The van der Waals surface area contributed by atoms with Crippen LogP contribution < -0.4 is 5.56 Å². The number of carbonyl (C=O) groups is 1. The van der Waals surface area contributed by atoms with Gasteiger partial charge >= 0.3 is 0 Å². The van der Waals surface area contributed by atoms with Gasteiger partial charge in [-0.25, -0.2) is 9.37 Å². The molecule has 1 amide bonds. The van der Waals surface area contributed by atoms with Crippen molar-refractivity contribution in [2.75, 3.05) is 13.1 Å². The summed E-state index contributed by atoms with van der Waals surface area (Å²) in [5.41, 5.74) is -0.960. The molecule has 2 aromatic heterocycles. The fourth-order valence-electron chi connectivity index (χ4n) is 3.77. The predicted molar refractivity (Wildman–Crippen MR) is 107 cm³/mol. The van der Waals surface area contributed by atoms with Crippen molar-refractivity contribution in [3.05, 3.63) is 69.8 Å². The van der Waals surface area contributed by atoms with Crippen LogP contribution in [0.3, 0.4) is 0 Å². The molecule has 0 N–H and O–H groups in total. The Morgan fingerprint density at radius 1 is 1.17 bits per heavy atom. The Bertz CT molecular complexity index is 1200. The summed E-state index contributed by atoms with van der Waals surface area (Å²) in [6.45, 7) is 3.60. The quantitative estimate of drug-likeness (QED) is 0.651. The summed E-state index contributed by atoms with van der Waals surface area (Å²) < 4.78 is 42.9. The monoisotopic (exact) mass is 415 g/mol. The minimum absolute atomic E-state index is 0.0527. The van der Waals surface area contributed by atoms with Crippen molar-refractivity contribution in [2.24, 2.45) is 0 Å². The Hall–Kier alpha value is -3.16. The summed E-state index contributed by atoms with van der Waals surface area (Å²) in [7, 11) is 0. The first kappa shape index (κ1) is 20.1. The van der Waals surface area contributed by atoms with E-state index in [4.69, 9.17) is 0 Å². The molecule has 0 saturated carbocycles. The molecule has 1 aliphatic heterocycles. The van der Waals surface area contributed by atoms with Crippen molar-refractivity contribution < 1.29 is 18.0 Å². The molecule has 3 aromatic rings. The Morgan fingerprint density at radius 2 is 1.80 bits per heavy atom. The average molecular weight is 415 g/mol. The second-order valence-corrected chi connectivity index (χ2v) is 8.05. The van der Waals surface area contributed by atoms with Gasteiger partial charge < -0.3 is 4.90 Å². The number of halogens is 3. The smallest absolute Gasteiger partial charge is 0.287 e. The highest BCUT2D eigenvalue weighted by Crippen LogP contribution is 2.30. The molecule has 156 valence electrons. The predicted octanol–water partition coefficient (Wildman–Crippen LogP) is 3.97. The molecule has 0 radical (unpaired) electrons. The first-order valence-electron chi connectivity index (χ1n) is 9.47. The van der Waals surface area contributed by atoms with Crippen molar-refractivity contribution in [2.45, 2.75) is 32.4 Å². The Labute approximate surface area is 170 Å².